The summed E-state index contributed by atoms with van der Waals surface area (Å²) in [5.41, 5.74) is 0. The lowest BCUT2D eigenvalue weighted by molar-refractivity contribution is -0.403. The normalized spacial score (nSPS) is 10.3. The molecule has 0 radical (unpaired) electrons. The zero-order valence-corrected chi connectivity index (χ0v) is 8.75. The maximum absolute atomic E-state index is 10.5. The fourth-order valence-corrected chi connectivity index (χ4v) is 1.53. The SMILES string of the molecule is O=[N+]([O-])c1nc([N+](=O)[O-])n(CCO)c1Br. The van der Waals surface area contributed by atoms with Gasteiger partial charge in [0.2, 0.25) is 4.60 Å². The second kappa shape index (κ2) is 4.31. The molecule has 0 aliphatic carbocycles. The van der Waals surface area contributed by atoms with Gasteiger partial charge in [-0.05, 0) is 30.8 Å². The van der Waals surface area contributed by atoms with Crippen LogP contribution in [0.5, 0.6) is 0 Å². The molecule has 1 rings (SSSR count). The Morgan fingerprint density at radius 1 is 1.40 bits per heavy atom. The first-order valence-corrected chi connectivity index (χ1v) is 4.44. The zero-order chi connectivity index (χ0) is 11.6. The third-order valence-electron chi connectivity index (χ3n) is 1.53. The molecule has 0 spiro atoms. The number of nitrogens with zero attached hydrogens (tertiary/aromatic N) is 4. The first kappa shape index (κ1) is 11.5. The van der Waals surface area contributed by atoms with E-state index in [1.165, 1.54) is 0 Å². The van der Waals surface area contributed by atoms with Crippen LogP contribution in [-0.2, 0) is 6.54 Å². The highest BCUT2D eigenvalue weighted by Crippen LogP contribution is 2.28. The number of aliphatic hydroxyl groups excluding tert-OH is 1. The number of hydrogen-bond donors (Lipinski definition) is 1. The largest absolute Gasteiger partial charge is 0.439 e. The Labute approximate surface area is 90.8 Å². The lowest BCUT2D eigenvalue weighted by Crippen LogP contribution is -2.06. The highest BCUT2D eigenvalue weighted by atomic mass is 79.9. The van der Waals surface area contributed by atoms with Gasteiger partial charge in [-0.2, -0.15) is 0 Å². The second-order valence-corrected chi connectivity index (χ2v) is 3.17. The van der Waals surface area contributed by atoms with Crippen LogP contribution in [0.1, 0.15) is 0 Å². The minimum Gasteiger partial charge on any atom is -0.393 e. The fourth-order valence-electron chi connectivity index (χ4n) is 0.963. The predicted molar refractivity (Wildman–Crippen MR) is 50.3 cm³/mol. The van der Waals surface area contributed by atoms with Crippen molar-refractivity contribution in [1.29, 1.82) is 0 Å². The Morgan fingerprint density at radius 3 is 2.40 bits per heavy atom. The van der Waals surface area contributed by atoms with Gasteiger partial charge in [-0.3, -0.25) is 0 Å². The Hall–Kier alpha value is -1.55. The van der Waals surface area contributed by atoms with Crippen LogP contribution in [0.2, 0.25) is 0 Å². The van der Waals surface area contributed by atoms with Gasteiger partial charge >= 0.3 is 11.8 Å². The first-order valence-electron chi connectivity index (χ1n) is 3.64. The van der Waals surface area contributed by atoms with Gasteiger partial charge in [0.15, 0.2) is 0 Å². The summed E-state index contributed by atoms with van der Waals surface area (Å²) in [7, 11) is 0. The Kier molecular flexibility index (Phi) is 3.31. The minimum absolute atomic E-state index is 0.131. The molecule has 9 nitrogen and oxygen atoms in total. The molecule has 0 aliphatic rings. The number of imidazole rings is 1. The van der Waals surface area contributed by atoms with Crippen molar-refractivity contribution in [3.8, 4) is 0 Å². The molecule has 82 valence electrons. The van der Waals surface area contributed by atoms with Crippen LogP contribution < -0.4 is 0 Å². The first-order chi connectivity index (χ1) is 6.99. The van der Waals surface area contributed by atoms with E-state index in [1.54, 1.807) is 0 Å². The highest BCUT2D eigenvalue weighted by Gasteiger charge is 2.29. The van der Waals surface area contributed by atoms with Gasteiger partial charge in [-0.15, -0.1) is 0 Å². The summed E-state index contributed by atoms with van der Waals surface area (Å²) in [5.74, 6) is -1.32. The van der Waals surface area contributed by atoms with Gasteiger partial charge in [-0.1, -0.05) is 0 Å². The van der Waals surface area contributed by atoms with Crippen LogP contribution in [0.4, 0.5) is 11.8 Å². The fraction of sp³-hybridized carbons (Fsp3) is 0.400. The summed E-state index contributed by atoms with van der Waals surface area (Å²) >= 11 is 2.82. The van der Waals surface area contributed by atoms with E-state index in [-0.39, 0.29) is 17.8 Å². The Bertz CT molecular complexity index is 416. The lowest BCUT2D eigenvalue weighted by Gasteiger charge is -1.98. The molecule has 0 aromatic carbocycles. The Balaban J connectivity index is 3.32. The molecule has 0 saturated heterocycles. The molecule has 15 heavy (non-hydrogen) atoms. The lowest BCUT2D eigenvalue weighted by atomic mass is 10.6. The molecule has 0 atom stereocenters. The standard InChI is InChI=1S/C5H5BrN4O5/c6-3-4(9(12)13)7-5(10(14)15)8(3)1-2-11/h11H,1-2H2. The zero-order valence-electron chi connectivity index (χ0n) is 7.16. The summed E-state index contributed by atoms with van der Waals surface area (Å²) in [5, 5.41) is 29.5. The van der Waals surface area contributed by atoms with Crippen molar-refractivity contribution in [2.75, 3.05) is 6.61 Å². The van der Waals surface area contributed by atoms with Crippen LogP contribution in [0.15, 0.2) is 4.60 Å². The Morgan fingerprint density at radius 2 is 2.00 bits per heavy atom. The smallest absolute Gasteiger partial charge is 0.393 e. The number of halogens is 1. The number of rotatable bonds is 4. The molecular formula is C5H5BrN4O5. The molecule has 1 heterocycles. The molecule has 0 unspecified atom stereocenters. The van der Waals surface area contributed by atoms with Gasteiger partial charge in [-0.25, -0.2) is 4.57 Å². The molecule has 0 saturated carbocycles. The minimum atomic E-state index is -0.854. The van der Waals surface area contributed by atoms with Gasteiger partial charge in [0.05, 0.1) is 13.2 Å². The summed E-state index contributed by atoms with van der Waals surface area (Å²) in [4.78, 5) is 22.4. The predicted octanol–water partition coefficient (Wildman–Crippen LogP) is 0.454. The molecule has 0 bridgehead atoms. The van der Waals surface area contributed by atoms with Crippen LogP contribution in [0, 0.1) is 20.2 Å². The molecular weight excluding hydrogens is 276 g/mol. The van der Waals surface area contributed by atoms with Gasteiger partial charge < -0.3 is 25.3 Å². The summed E-state index contributed by atoms with van der Waals surface area (Å²) in [6.07, 6.45) is 0. The van der Waals surface area contributed by atoms with E-state index in [0.29, 0.717) is 0 Å². The third-order valence-corrected chi connectivity index (χ3v) is 2.31. The van der Waals surface area contributed by atoms with Crippen LogP contribution in [-0.4, -0.2) is 31.1 Å². The van der Waals surface area contributed by atoms with Crippen LogP contribution >= 0.6 is 15.9 Å². The maximum atomic E-state index is 10.5. The van der Waals surface area contributed by atoms with Crippen molar-refractivity contribution in [2.45, 2.75) is 6.54 Å². The molecule has 1 aromatic rings. The van der Waals surface area contributed by atoms with E-state index in [1.807, 2.05) is 0 Å². The van der Waals surface area contributed by atoms with Crippen molar-refractivity contribution in [3.05, 3.63) is 24.8 Å². The van der Waals surface area contributed by atoms with Crippen LogP contribution in [0.25, 0.3) is 0 Å². The van der Waals surface area contributed by atoms with Crippen molar-refractivity contribution in [2.24, 2.45) is 0 Å². The number of nitro groups is 2. The average molecular weight is 281 g/mol. The number of aromatic nitrogens is 2. The average Bonchev–Trinajstić information content (AvgIpc) is 2.45. The number of aliphatic hydroxyl groups is 1. The second-order valence-electron chi connectivity index (χ2n) is 2.42. The van der Waals surface area contributed by atoms with E-state index in [0.717, 1.165) is 4.57 Å². The molecule has 1 N–H and O–H groups in total. The van der Waals surface area contributed by atoms with E-state index >= 15 is 0 Å². The molecule has 0 amide bonds. The topological polar surface area (TPSA) is 124 Å². The quantitative estimate of drug-likeness (QED) is 0.631. The molecule has 0 fully saturated rings. The monoisotopic (exact) mass is 280 g/mol. The van der Waals surface area contributed by atoms with E-state index in [9.17, 15) is 20.2 Å². The molecule has 0 aliphatic heterocycles. The molecule has 1 aromatic heterocycles. The number of hydrogen-bond acceptors (Lipinski definition) is 6. The summed E-state index contributed by atoms with van der Waals surface area (Å²) in [6.45, 7) is -0.523. The van der Waals surface area contributed by atoms with Crippen LogP contribution in [0.3, 0.4) is 0 Å². The summed E-state index contributed by atoms with van der Waals surface area (Å²) < 4.78 is 0.784. The van der Waals surface area contributed by atoms with Gasteiger partial charge in [0.25, 0.3) is 0 Å². The van der Waals surface area contributed by atoms with E-state index in [2.05, 4.69) is 20.9 Å². The van der Waals surface area contributed by atoms with Crippen molar-refractivity contribution < 1.29 is 15.0 Å². The summed E-state index contributed by atoms with van der Waals surface area (Å²) in [6, 6.07) is 0. The van der Waals surface area contributed by atoms with Crippen molar-refractivity contribution in [3.63, 3.8) is 0 Å². The van der Waals surface area contributed by atoms with Gasteiger partial charge in [0.1, 0.15) is 0 Å². The van der Waals surface area contributed by atoms with E-state index < -0.39 is 21.6 Å². The maximum Gasteiger partial charge on any atom is 0.439 e. The highest BCUT2D eigenvalue weighted by molar-refractivity contribution is 9.10. The van der Waals surface area contributed by atoms with Crippen molar-refractivity contribution in [1.82, 2.24) is 9.55 Å². The molecule has 10 heteroatoms. The third kappa shape index (κ3) is 2.10. The van der Waals surface area contributed by atoms with E-state index in [4.69, 9.17) is 5.11 Å². The van der Waals surface area contributed by atoms with Gasteiger partial charge in [0, 0.05) is 0 Å². The van der Waals surface area contributed by atoms with Crippen molar-refractivity contribution >= 4 is 27.7 Å².